The molecule has 0 unspecified atom stereocenters. The molecule has 0 saturated heterocycles. The summed E-state index contributed by atoms with van der Waals surface area (Å²) in [5, 5.41) is 12.5. The molecule has 1 aliphatic rings. The van der Waals surface area contributed by atoms with Crippen molar-refractivity contribution in [3.05, 3.63) is 52.2 Å². The van der Waals surface area contributed by atoms with E-state index in [1.807, 2.05) is 12.1 Å². The third-order valence-corrected chi connectivity index (χ3v) is 3.89. The second kappa shape index (κ2) is 5.74. The lowest BCUT2D eigenvalue weighted by Crippen LogP contribution is -2.07. The van der Waals surface area contributed by atoms with Crippen LogP contribution in [0.1, 0.15) is 34.3 Å². The van der Waals surface area contributed by atoms with Crippen molar-refractivity contribution in [1.82, 2.24) is 4.98 Å². The van der Waals surface area contributed by atoms with E-state index in [0.29, 0.717) is 5.82 Å². The molecule has 1 aliphatic carbocycles. The van der Waals surface area contributed by atoms with E-state index in [1.54, 1.807) is 0 Å². The Bertz CT molecular complexity index is 701. The second-order valence-corrected chi connectivity index (χ2v) is 5.53. The van der Waals surface area contributed by atoms with Crippen molar-refractivity contribution in [2.45, 2.75) is 25.7 Å². The van der Waals surface area contributed by atoms with E-state index >= 15 is 0 Å². The minimum absolute atomic E-state index is 0.127. The monoisotopic (exact) mass is 302 g/mol. The van der Waals surface area contributed by atoms with Gasteiger partial charge >= 0.3 is 5.97 Å². The number of rotatable bonds is 3. The van der Waals surface area contributed by atoms with Crippen LogP contribution in [0.3, 0.4) is 0 Å². The van der Waals surface area contributed by atoms with Gasteiger partial charge in [-0.1, -0.05) is 23.7 Å². The molecule has 0 radical (unpaired) electrons. The Balaban J connectivity index is 1.95. The lowest BCUT2D eigenvalue weighted by Gasteiger charge is -2.20. The van der Waals surface area contributed by atoms with Gasteiger partial charge in [0.05, 0.1) is 5.56 Å². The van der Waals surface area contributed by atoms with Gasteiger partial charge in [-0.15, -0.1) is 0 Å². The predicted molar refractivity (Wildman–Crippen MR) is 82.6 cm³/mol. The molecule has 1 aromatic heterocycles. The fourth-order valence-corrected chi connectivity index (χ4v) is 2.93. The Morgan fingerprint density at radius 1 is 1.24 bits per heavy atom. The molecule has 0 atom stereocenters. The molecule has 1 aromatic carbocycles. The number of carbonyl (C=O) groups is 1. The number of nitrogens with zero attached hydrogens (tertiary/aromatic N) is 1. The van der Waals surface area contributed by atoms with E-state index in [9.17, 15) is 4.79 Å². The summed E-state index contributed by atoms with van der Waals surface area (Å²) in [6.45, 7) is 0. The molecule has 4 nitrogen and oxygen atoms in total. The number of carboxylic acids is 1. The summed E-state index contributed by atoms with van der Waals surface area (Å²) >= 11 is 5.89. The molecule has 2 aromatic rings. The maximum absolute atomic E-state index is 11.1. The van der Waals surface area contributed by atoms with Crippen molar-refractivity contribution in [3.8, 4) is 0 Å². The maximum Gasteiger partial charge on any atom is 0.335 e. The van der Waals surface area contributed by atoms with Gasteiger partial charge < -0.3 is 10.4 Å². The van der Waals surface area contributed by atoms with Crippen molar-refractivity contribution in [1.29, 1.82) is 0 Å². The highest BCUT2D eigenvalue weighted by Crippen LogP contribution is 2.30. The normalized spacial score (nSPS) is 13.6. The molecule has 5 heteroatoms. The zero-order valence-corrected chi connectivity index (χ0v) is 12.2. The van der Waals surface area contributed by atoms with Gasteiger partial charge in [0.15, 0.2) is 0 Å². The van der Waals surface area contributed by atoms with Gasteiger partial charge in [0, 0.05) is 5.69 Å². The van der Waals surface area contributed by atoms with Crippen LogP contribution in [0.15, 0.2) is 30.3 Å². The van der Waals surface area contributed by atoms with Gasteiger partial charge in [0.2, 0.25) is 0 Å². The standard InChI is InChI=1S/C16H15ClN2O2/c17-14-8-11(16(20)21)9-15(19-14)18-13-7-3-5-10-4-1-2-6-12(10)13/h3,5,7-9H,1-2,4,6H2,(H,18,19)(H,20,21). The molecule has 3 rings (SSSR count). The van der Waals surface area contributed by atoms with Gasteiger partial charge in [0.1, 0.15) is 11.0 Å². The number of aromatic nitrogens is 1. The molecule has 2 N–H and O–H groups in total. The van der Waals surface area contributed by atoms with E-state index in [-0.39, 0.29) is 10.7 Å². The Labute approximate surface area is 127 Å². The zero-order valence-electron chi connectivity index (χ0n) is 11.4. The van der Waals surface area contributed by atoms with Gasteiger partial charge in [0.25, 0.3) is 0 Å². The molecule has 108 valence electrons. The van der Waals surface area contributed by atoms with E-state index in [1.165, 1.54) is 36.1 Å². The average molecular weight is 303 g/mol. The van der Waals surface area contributed by atoms with Crippen LogP contribution < -0.4 is 5.32 Å². The van der Waals surface area contributed by atoms with Crippen LogP contribution in [0.5, 0.6) is 0 Å². The zero-order chi connectivity index (χ0) is 14.8. The van der Waals surface area contributed by atoms with Crippen molar-refractivity contribution in [2.24, 2.45) is 0 Å². The molecule has 0 spiro atoms. The number of carboxylic acid groups (broad SMARTS) is 1. The van der Waals surface area contributed by atoms with Crippen LogP contribution in [0.2, 0.25) is 5.15 Å². The van der Waals surface area contributed by atoms with Gasteiger partial charge in [-0.2, -0.15) is 0 Å². The predicted octanol–water partition coefficient (Wildman–Crippen LogP) is 4.06. The number of aromatic carboxylic acids is 1. The SMILES string of the molecule is O=C(O)c1cc(Cl)nc(Nc2cccc3c2CCCC3)c1. The first-order valence-electron chi connectivity index (χ1n) is 6.92. The molecule has 0 fully saturated rings. The minimum Gasteiger partial charge on any atom is -0.478 e. The average Bonchev–Trinajstić information content (AvgIpc) is 2.47. The molecule has 0 aliphatic heterocycles. The van der Waals surface area contributed by atoms with Gasteiger partial charge in [-0.05, 0) is 55.0 Å². The Morgan fingerprint density at radius 3 is 2.86 bits per heavy atom. The third-order valence-electron chi connectivity index (χ3n) is 3.70. The number of aryl methyl sites for hydroxylation is 1. The van der Waals surface area contributed by atoms with E-state index < -0.39 is 5.97 Å². The largest absolute Gasteiger partial charge is 0.478 e. The van der Waals surface area contributed by atoms with Crippen molar-refractivity contribution >= 4 is 29.1 Å². The molecule has 0 amide bonds. The highest BCUT2D eigenvalue weighted by molar-refractivity contribution is 6.29. The summed E-state index contributed by atoms with van der Waals surface area (Å²) in [5.74, 6) is -0.559. The first-order valence-corrected chi connectivity index (χ1v) is 7.30. The number of fused-ring (bicyclic) bond motifs is 1. The molecular weight excluding hydrogens is 288 g/mol. The number of pyridine rings is 1. The number of nitrogens with one attached hydrogen (secondary N) is 1. The lowest BCUT2D eigenvalue weighted by atomic mass is 9.90. The summed E-state index contributed by atoms with van der Waals surface area (Å²) in [6.07, 6.45) is 4.52. The third kappa shape index (κ3) is 3.00. The summed E-state index contributed by atoms with van der Waals surface area (Å²) in [6, 6.07) is 8.99. The number of hydrogen-bond donors (Lipinski definition) is 2. The fourth-order valence-electron chi connectivity index (χ4n) is 2.72. The highest BCUT2D eigenvalue weighted by atomic mass is 35.5. The van der Waals surface area contributed by atoms with Crippen LogP contribution in [-0.4, -0.2) is 16.1 Å². The van der Waals surface area contributed by atoms with Crippen LogP contribution in [0, 0.1) is 0 Å². The molecule has 1 heterocycles. The van der Waals surface area contributed by atoms with Crippen molar-refractivity contribution < 1.29 is 9.90 Å². The van der Waals surface area contributed by atoms with Crippen LogP contribution in [-0.2, 0) is 12.8 Å². The van der Waals surface area contributed by atoms with E-state index in [2.05, 4.69) is 16.4 Å². The minimum atomic E-state index is -1.02. The van der Waals surface area contributed by atoms with E-state index in [4.69, 9.17) is 16.7 Å². The first-order chi connectivity index (χ1) is 10.1. The summed E-state index contributed by atoms with van der Waals surface area (Å²) in [4.78, 5) is 15.2. The van der Waals surface area contributed by atoms with Crippen molar-refractivity contribution in [3.63, 3.8) is 0 Å². The highest BCUT2D eigenvalue weighted by Gasteiger charge is 2.14. The molecule has 0 bridgehead atoms. The van der Waals surface area contributed by atoms with Crippen LogP contribution in [0.4, 0.5) is 11.5 Å². The number of benzene rings is 1. The van der Waals surface area contributed by atoms with E-state index in [0.717, 1.165) is 18.5 Å². The number of anilines is 2. The van der Waals surface area contributed by atoms with Gasteiger partial charge in [-0.25, -0.2) is 9.78 Å². The lowest BCUT2D eigenvalue weighted by molar-refractivity contribution is 0.0697. The quantitative estimate of drug-likeness (QED) is 0.839. The van der Waals surface area contributed by atoms with Gasteiger partial charge in [-0.3, -0.25) is 0 Å². The Hall–Kier alpha value is -2.07. The Kier molecular flexibility index (Phi) is 3.80. The maximum atomic E-state index is 11.1. The molecule has 0 saturated carbocycles. The van der Waals surface area contributed by atoms with Crippen LogP contribution in [0.25, 0.3) is 0 Å². The van der Waals surface area contributed by atoms with Crippen molar-refractivity contribution in [2.75, 3.05) is 5.32 Å². The Morgan fingerprint density at radius 2 is 2.05 bits per heavy atom. The number of hydrogen-bond acceptors (Lipinski definition) is 3. The summed E-state index contributed by atoms with van der Waals surface area (Å²) in [5.41, 5.74) is 3.76. The summed E-state index contributed by atoms with van der Waals surface area (Å²) < 4.78 is 0. The topological polar surface area (TPSA) is 62.2 Å². The smallest absolute Gasteiger partial charge is 0.335 e. The molecule has 21 heavy (non-hydrogen) atoms. The fraction of sp³-hybridized carbons (Fsp3) is 0.250. The second-order valence-electron chi connectivity index (χ2n) is 5.14. The summed E-state index contributed by atoms with van der Waals surface area (Å²) in [7, 11) is 0. The first kappa shape index (κ1) is 13.9. The number of halogens is 1. The molecular formula is C16H15ClN2O2. The van der Waals surface area contributed by atoms with Crippen LogP contribution >= 0.6 is 11.6 Å².